The van der Waals surface area contributed by atoms with Crippen LogP contribution in [0.3, 0.4) is 0 Å². The van der Waals surface area contributed by atoms with Gasteiger partial charge in [-0.1, -0.05) is 12.0 Å². The highest BCUT2D eigenvalue weighted by Gasteiger charge is 2.29. The number of urea groups is 1. The molecule has 0 atom stereocenters. The van der Waals surface area contributed by atoms with Crippen LogP contribution in [0.1, 0.15) is 43.9 Å². The zero-order valence-corrected chi connectivity index (χ0v) is 26.5. The number of hydrogen-bond acceptors (Lipinski definition) is 8. The molecule has 12 heteroatoms. The van der Waals surface area contributed by atoms with Crippen LogP contribution in [-0.2, 0) is 16.6 Å². The lowest BCUT2D eigenvalue weighted by atomic mass is 10.0. The monoisotopic (exact) mass is 632 g/mol. The standard InChI is InChI=1S/C33H40N6O5S/c1-3-4-17-39(33(41)36-27-7-5-25(2)34-23-27)28-13-18-37(19-14-28)24-26-6-12-32(35-22-26)44-30-8-10-31(11-9-30)45(42,43)38-20-15-29(40)16-21-38/h5-12,22-23,28-29,40H,13-21,24H2,1-2H3,(H,36,41). The first-order chi connectivity index (χ1) is 21.7. The number of aliphatic hydroxyl groups excluding tert-OH is 1. The first kappa shape index (κ1) is 32.4. The molecule has 2 aliphatic heterocycles. The molecule has 2 N–H and O–H groups in total. The number of aryl methyl sites for hydroxylation is 1. The van der Waals surface area contributed by atoms with Crippen molar-refractivity contribution in [3.63, 3.8) is 0 Å². The molecule has 0 saturated carbocycles. The zero-order chi connectivity index (χ0) is 31.8. The van der Waals surface area contributed by atoms with Crippen molar-refractivity contribution in [1.82, 2.24) is 24.1 Å². The minimum Gasteiger partial charge on any atom is -0.439 e. The van der Waals surface area contributed by atoms with Gasteiger partial charge in [-0.2, -0.15) is 4.31 Å². The SMILES string of the molecule is CC#CCN(C(=O)Nc1ccc(C)nc1)C1CCN(Cc2ccc(Oc3ccc(S(=O)(=O)N4CCC(O)CC4)cc3)nc2)CC1. The molecular formula is C33H40N6O5S. The highest BCUT2D eigenvalue weighted by atomic mass is 32.2. The van der Waals surface area contributed by atoms with Gasteiger partial charge in [0, 0.05) is 56.7 Å². The van der Waals surface area contributed by atoms with E-state index in [1.165, 1.54) is 16.4 Å². The van der Waals surface area contributed by atoms with Gasteiger partial charge in [0.2, 0.25) is 15.9 Å². The normalized spacial score (nSPS) is 16.9. The van der Waals surface area contributed by atoms with Crippen molar-refractivity contribution in [1.29, 1.82) is 0 Å². The molecule has 2 aromatic heterocycles. The third-order valence-electron chi connectivity index (χ3n) is 8.16. The van der Waals surface area contributed by atoms with Crippen LogP contribution in [0.5, 0.6) is 11.6 Å². The Bertz CT molecular complexity index is 1590. The van der Waals surface area contributed by atoms with E-state index in [1.54, 1.807) is 37.5 Å². The summed E-state index contributed by atoms with van der Waals surface area (Å²) in [5.74, 6) is 6.86. The number of pyridine rings is 2. The van der Waals surface area contributed by atoms with Crippen molar-refractivity contribution < 1.29 is 23.1 Å². The molecule has 2 fully saturated rings. The number of amides is 2. The smallest absolute Gasteiger partial charge is 0.322 e. The lowest BCUT2D eigenvalue weighted by molar-refractivity contribution is 0.113. The number of carbonyl (C=O) groups excluding carboxylic acids is 1. The molecule has 4 heterocycles. The number of nitrogens with zero attached hydrogens (tertiary/aromatic N) is 5. The summed E-state index contributed by atoms with van der Waals surface area (Å²) in [6.45, 7) is 7.09. The second-order valence-corrected chi connectivity index (χ2v) is 13.3. The van der Waals surface area contributed by atoms with Crippen molar-refractivity contribution in [2.75, 3.05) is 38.0 Å². The number of rotatable bonds is 9. The van der Waals surface area contributed by atoms with Gasteiger partial charge in [-0.15, -0.1) is 5.92 Å². The van der Waals surface area contributed by atoms with E-state index >= 15 is 0 Å². The van der Waals surface area contributed by atoms with Gasteiger partial charge in [-0.3, -0.25) is 9.88 Å². The van der Waals surface area contributed by atoms with Gasteiger partial charge in [0.25, 0.3) is 0 Å². The maximum Gasteiger partial charge on any atom is 0.322 e. The van der Waals surface area contributed by atoms with Gasteiger partial charge in [-0.25, -0.2) is 18.2 Å². The fourth-order valence-corrected chi connectivity index (χ4v) is 6.98. The molecule has 238 valence electrons. The Balaban J connectivity index is 1.11. The lowest BCUT2D eigenvalue weighted by Gasteiger charge is -2.37. The average molecular weight is 633 g/mol. The van der Waals surface area contributed by atoms with E-state index < -0.39 is 16.1 Å². The Morgan fingerprint density at radius 2 is 1.73 bits per heavy atom. The van der Waals surface area contributed by atoms with Crippen molar-refractivity contribution in [2.24, 2.45) is 0 Å². The predicted molar refractivity (Wildman–Crippen MR) is 171 cm³/mol. The van der Waals surface area contributed by atoms with E-state index in [-0.39, 0.29) is 17.0 Å². The number of hydrogen-bond donors (Lipinski definition) is 2. The van der Waals surface area contributed by atoms with E-state index in [0.717, 1.165) is 43.7 Å². The summed E-state index contributed by atoms with van der Waals surface area (Å²) in [5.41, 5.74) is 2.60. The number of likely N-dealkylation sites (tertiary alicyclic amines) is 1. The van der Waals surface area contributed by atoms with Crippen LogP contribution >= 0.6 is 0 Å². The Morgan fingerprint density at radius 1 is 1.00 bits per heavy atom. The van der Waals surface area contributed by atoms with Gasteiger partial charge >= 0.3 is 6.03 Å². The molecule has 0 bridgehead atoms. The quantitative estimate of drug-likeness (QED) is 0.336. The molecule has 0 aliphatic carbocycles. The van der Waals surface area contributed by atoms with Crippen LogP contribution in [0.2, 0.25) is 0 Å². The number of sulfonamides is 1. The number of carbonyl (C=O) groups is 1. The summed E-state index contributed by atoms with van der Waals surface area (Å²) >= 11 is 0. The van der Waals surface area contributed by atoms with Gasteiger partial charge in [-0.05, 0) is 81.5 Å². The Hall–Kier alpha value is -4.02. The Kier molecular flexibility index (Phi) is 10.7. The molecule has 3 aromatic rings. The number of anilines is 1. The largest absolute Gasteiger partial charge is 0.439 e. The summed E-state index contributed by atoms with van der Waals surface area (Å²) in [5, 5.41) is 12.6. The third-order valence-corrected chi connectivity index (χ3v) is 10.1. The van der Waals surface area contributed by atoms with Gasteiger partial charge < -0.3 is 20.1 Å². The fraction of sp³-hybridized carbons (Fsp3) is 0.424. The zero-order valence-electron chi connectivity index (χ0n) is 25.7. The van der Waals surface area contributed by atoms with E-state index in [4.69, 9.17) is 4.74 Å². The number of ether oxygens (including phenoxy) is 1. The maximum atomic E-state index is 13.1. The second-order valence-electron chi connectivity index (χ2n) is 11.4. The molecule has 0 unspecified atom stereocenters. The summed E-state index contributed by atoms with van der Waals surface area (Å²) in [4.78, 5) is 26.2. The van der Waals surface area contributed by atoms with E-state index in [9.17, 15) is 18.3 Å². The molecule has 2 amide bonds. The highest BCUT2D eigenvalue weighted by Crippen LogP contribution is 2.26. The molecule has 45 heavy (non-hydrogen) atoms. The van der Waals surface area contributed by atoms with Crippen LogP contribution in [0.15, 0.2) is 65.8 Å². The van der Waals surface area contributed by atoms with Crippen LogP contribution in [0.25, 0.3) is 0 Å². The van der Waals surface area contributed by atoms with E-state index in [1.807, 2.05) is 30.0 Å². The minimum atomic E-state index is -3.61. The van der Waals surface area contributed by atoms with Crippen molar-refractivity contribution >= 4 is 21.7 Å². The maximum absolute atomic E-state index is 13.1. The Morgan fingerprint density at radius 3 is 2.36 bits per heavy atom. The van der Waals surface area contributed by atoms with Crippen molar-refractivity contribution in [2.45, 2.75) is 63.1 Å². The van der Waals surface area contributed by atoms with Crippen LogP contribution in [0.4, 0.5) is 10.5 Å². The predicted octanol–water partition coefficient (Wildman–Crippen LogP) is 4.24. The molecule has 11 nitrogen and oxygen atoms in total. The molecule has 2 saturated heterocycles. The molecule has 0 spiro atoms. The van der Waals surface area contributed by atoms with Crippen LogP contribution in [-0.4, -0.2) is 88.5 Å². The second kappa shape index (κ2) is 14.8. The topological polar surface area (TPSA) is 128 Å². The summed E-state index contributed by atoms with van der Waals surface area (Å²) in [6.07, 6.45) is 5.58. The number of aromatic nitrogens is 2. The summed E-state index contributed by atoms with van der Waals surface area (Å²) in [7, 11) is -3.61. The van der Waals surface area contributed by atoms with Crippen molar-refractivity contribution in [3.05, 3.63) is 72.2 Å². The first-order valence-corrected chi connectivity index (χ1v) is 16.7. The molecular weight excluding hydrogens is 592 g/mol. The molecule has 5 rings (SSSR count). The van der Waals surface area contributed by atoms with Crippen molar-refractivity contribution in [3.8, 4) is 23.5 Å². The van der Waals surface area contributed by atoms with Gasteiger partial charge in [0.05, 0.1) is 29.4 Å². The minimum absolute atomic E-state index is 0.0866. The molecule has 1 aromatic carbocycles. The summed E-state index contributed by atoms with van der Waals surface area (Å²) < 4.78 is 33.1. The number of aliphatic hydroxyl groups is 1. The third kappa shape index (κ3) is 8.58. The number of piperidine rings is 2. The van der Waals surface area contributed by atoms with E-state index in [0.29, 0.717) is 49.8 Å². The number of nitrogens with one attached hydrogen (secondary N) is 1. The van der Waals surface area contributed by atoms with Crippen LogP contribution in [0, 0.1) is 18.8 Å². The molecule has 0 radical (unpaired) electrons. The highest BCUT2D eigenvalue weighted by molar-refractivity contribution is 7.89. The first-order valence-electron chi connectivity index (χ1n) is 15.2. The summed E-state index contributed by atoms with van der Waals surface area (Å²) in [6, 6.07) is 13.7. The average Bonchev–Trinajstić information content (AvgIpc) is 3.04. The van der Waals surface area contributed by atoms with Gasteiger partial charge in [0.15, 0.2) is 0 Å². The fourth-order valence-electron chi connectivity index (χ4n) is 5.51. The van der Waals surface area contributed by atoms with E-state index in [2.05, 4.69) is 32.0 Å². The lowest BCUT2D eigenvalue weighted by Crippen LogP contribution is -2.48. The molecule has 2 aliphatic rings. The van der Waals surface area contributed by atoms with Gasteiger partial charge in [0.1, 0.15) is 5.75 Å². The Labute approximate surface area is 265 Å². The van der Waals surface area contributed by atoms with Crippen LogP contribution < -0.4 is 10.1 Å². The number of benzene rings is 1.